The van der Waals surface area contributed by atoms with E-state index in [0.717, 1.165) is 12.4 Å². The minimum atomic E-state index is -2.59. The van der Waals surface area contributed by atoms with Crippen LogP contribution in [0.1, 0.15) is 89.1 Å². The third-order valence-electron chi connectivity index (χ3n) is 21.5. The van der Waals surface area contributed by atoms with Crippen LogP contribution in [0, 0.1) is 20.2 Å². The number of nitrogens with zero attached hydrogens (tertiary/aromatic N) is 7. The van der Waals surface area contributed by atoms with E-state index in [1.807, 2.05) is 7.06 Å². The van der Waals surface area contributed by atoms with Gasteiger partial charge in [0.2, 0.25) is 17.8 Å². The monoisotopic (exact) mass is 1450 g/mol. The van der Waals surface area contributed by atoms with Gasteiger partial charge in [-0.05, 0) is 272 Å². The molecule has 72 radical (unpaired) electrons. The number of H-pyrrole nitrogens is 1. The Morgan fingerprint density at radius 3 is 0.829 bits per heavy atom. The predicted molar refractivity (Wildman–Crippen MR) is 562 cm³/mol. The second-order valence-corrected chi connectivity index (χ2v) is 30.3. The van der Waals surface area contributed by atoms with E-state index in [9.17, 15) is 46.6 Å². The van der Waals surface area contributed by atoms with Crippen LogP contribution in [0.4, 0.5) is 43.4 Å². The van der Waals surface area contributed by atoms with Crippen molar-refractivity contribution < 1.29 is 41.3 Å². The number of aromatic nitrogens is 6. The van der Waals surface area contributed by atoms with E-state index in [0.29, 0.717) is 31.4 Å². The third kappa shape index (κ3) is 37.5. The molecule has 6 rings (SSSR count). The molecule has 0 aromatic carbocycles. The zero-order chi connectivity index (χ0) is 90.7. The van der Waals surface area contributed by atoms with Gasteiger partial charge in [0.15, 0.2) is 0 Å². The summed E-state index contributed by atoms with van der Waals surface area (Å²) < 4.78 is 79.1. The Morgan fingerprint density at radius 2 is 0.632 bits per heavy atom. The first-order valence-electron chi connectivity index (χ1n) is 37.2. The van der Waals surface area contributed by atoms with Crippen LogP contribution < -0.4 is 5.73 Å². The number of anilines is 1. The van der Waals surface area contributed by atoms with Gasteiger partial charge in [-0.3, -0.25) is 34.7 Å². The second kappa shape index (κ2) is 54.6. The van der Waals surface area contributed by atoms with E-state index in [2.05, 4.69) is 20.4 Å². The van der Waals surface area contributed by atoms with Gasteiger partial charge in [0.05, 0.1) is 46.1 Å². The van der Waals surface area contributed by atoms with Gasteiger partial charge in [0.25, 0.3) is 0 Å². The average molecular weight is 1440 g/mol. The number of nitro groups is 2. The van der Waals surface area contributed by atoms with E-state index in [1.54, 1.807) is 17.1 Å². The fourth-order valence-corrected chi connectivity index (χ4v) is 16.0. The number of aliphatic hydroxyl groups is 1. The number of aromatic amines is 1. The lowest BCUT2D eigenvalue weighted by molar-refractivity contribution is -0.385. The number of nitrogens with one attached hydrogen (secondary N) is 1. The largest absolute Gasteiger partial charge is 0.396 e. The zero-order valence-electron chi connectivity index (χ0n) is 65.1. The van der Waals surface area contributed by atoms with E-state index in [1.165, 1.54) is 24.1 Å². The normalized spacial score (nSPS) is 14.0. The summed E-state index contributed by atoms with van der Waals surface area (Å²) in [4.78, 5) is 19.2. The van der Waals surface area contributed by atoms with Crippen LogP contribution in [-0.2, 0) is 0 Å². The number of aliphatic hydroxyl groups excluding tert-OH is 1. The molecule has 3 aliphatic carbocycles. The number of hydrogen-bond acceptors (Lipinski definition) is 9. The molecule has 117 heavy (non-hydrogen) atoms. The van der Waals surface area contributed by atoms with Crippen molar-refractivity contribution in [3.05, 3.63) is 57.4 Å². The Labute approximate surface area is 755 Å². The van der Waals surface area contributed by atoms with E-state index in [-0.39, 0.29) is 82.6 Å². The van der Waals surface area contributed by atoms with Gasteiger partial charge in [0, 0.05) is 293 Å². The highest BCUT2D eigenvalue weighted by atomic mass is 19.3. The molecule has 476 valence electrons. The maximum Gasteiger partial charge on any atom is 0.307 e. The van der Waals surface area contributed by atoms with Crippen LogP contribution in [0.5, 0.6) is 0 Å². The van der Waals surface area contributed by atoms with Crippen molar-refractivity contribution in [2.45, 2.75) is 113 Å². The van der Waals surface area contributed by atoms with Gasteiger partial charge in [-0.2, -0.15) is 22.4 Å². The summed E-state index contributed by atoms with van der Waals surface area (Å²) in [5.74, 6) is -7.57. The van der Waals surface area contributed by atoms with Crippen LogP contribution in [0.15, 0.2) is 37.2 Å². The second-order valence-electron chi connectivity index (χ2n) is 30.3. The lowest BCUT2D eigenvalue weighted by Crippen LogP contribution is -2.90. The Hall–Kier alpha value is 0.315. The Kier molecular flexibility index (Phi) is 53.8. The number of alkyl halides is 6. The molecule has 0 saturated heterocycles. The van der Waals surface area contributed by atoms with Gasteiger partial charge >= 0.3 is 11.4 Å². The number of halogens is 6. The summed E-state index contributed by atoms with van der Waals surface area (Å²) >= 11 is 0. The van der Waals surface area contributed by atoms with Crippen molar-refractivity contribution in [2.24, 2.45) is 0 Å². The quantitative estimate of drug-likeness (QED) is 0.0220. The van der Waals surface area contributed by atoms with Gasteiger partial charge in [-0.15, -0.1) is 0 Å². The molecular formula is C27H40B70F6N9O5-. The number of nitrogens with two attached hydrogens (primary N) is 1. The SMILES string of the molecule is Nc1cnn(C2CCC(F)(F)CC2)c1.O=[N+]([O-])c1cn[nH]c1.O=[N+]([O-])c1cnn(C2CCC(F)(F)CC2)c1.OC1CCC(F)(F)CC1.[B]B([B])B(B([B])[B])B(B([B])[B][BH3-])B(B(B([B])[B])B([B])[B])B(B(B([B])[B])B([B])[B])B(B([B])[B])B([B])[B].[B][B]B([B])B(B(B([B])[B])B([B])[B])B(B(B([B])[B])B([B])[B])B(B(B([B])[B])B([B])[B])B(B([B])[B])B([B])[B]. The van der Waals surface area contributed by atoms with Crippen molar-refractivity contribution >= 4 is 514 Å². The van der Waals surface area contributed by atoms with Gasteiger partial charge in [-0.1, -0.05) is 7.74 Å². The number of nitrogen functional groups attached to an aromatic ring is 1. The lowest BCUT2D eigenvalue weighted by atomic mass is 8.29. The molecule has 3 aromatic heterocycles. The minimum Gasteiger partial charge on any atom is -0.396 e. The van der Waals surface area contributed by atoms with E-state index < -0.39 is 238 Å². The lowest BCUT2D eigenvalue weighted by Gasteiger charge is -2.52. The molecule has 3 aliphatic rings. The Morgan fingerprint density at radius 1 is 0.393 bits per heavy atom. The molecule has 0 unspecified atom stereocenters. The van der Waals surface area contributed by atoms with Gasteiger partial charge in [0.1, 0.15) is 18.6 Å². The smallest absolute Gasteiger partial charge is 0.307 e. The fraction of sp³-hybridized carbons (Fsp3) is 0.667. The van der Waals surface area contributed by atoms with Crippen molar-refractivity contribution in [1.29, 1.82) is 0 Å². The predicted octanol–water partition coefficient (Wildman–Crippen LogP) is -20.8. The van der Waals surface area contributed by atoms with Crippen molar-refractivity contribution in [3.63, 3.8) is 0 Å². The molecule has 3 aromatic rings. The summed E-state index contributed by atoms with van der Waals surface area (Å²) in [6, 6.07) is -0.0553. The molecule has 0 bridgehead atoms. The fourth-order valence-electron chi connectivity index (χ4n) is 16.0. The molecule has 0 atom stereocenters. The maximum absolute atomic E-state index is 12.9. The maximum atomic E-state index is 12.9. The molecule has 3 fully saturated rings. The van der Waals surface area contributed by atoms with E-state index >= 15 is 0 Å². The molecule has 90 heteroatoms. The highest BCUT2D eigenvalue weighted by Crippen LogP contribution is 2.40. The highest BCUT2D eigenvalue weighted by molar-refractivity contribution is 8.32. The molecular weight excluding hydrogens is 1400 g/mol. The summed E-state index contributed by atoms with van der Waals surface area (Å²) in [6.07, 6.45) is -22.3. The summed E-state index contributed by atoms with van der Waals surface area (Å²) in [6.45, 7) is 0. The molecule has 3 heterocycles. The third-order valence-corrected chi connectivity index (χ3v) is 21.5. The van der Waals surface area contributed by atoms with Crippen molar-refractivity contribution in [3.8, 4) is 0 Å². The zero-order valence-corrected chi connectivity index (χ0v) is 65.1. The average Bonchev–Trinajstić information content (AvgIpc) is 1.44. The van der Waals surface area contributed by atoms with Crippen molar-refractivity contribution in [2.75, 3.05) is 5.73 Å². The van der Waals surface area contributed by atoms with Crippen molar-refractivity contribution in [1.82, 2.24) is 29.8 Å². The number of hydrogen-bond donors (Lipinski definition) is 3. The molecule has 4 N–H and O–H groups in total. The van der Waals surface area contributed by atoms with Crippen LogP contribution in [-0.4, -0.2) is 566 Å². The first-order chi connectivity index (χ1) is 53.8. The summed E-state index contributed by atoms with van der Waals surface area (Å²) in [7, 11) is 219. The Balaban J connectivity index is 0.000000760. The number of rotatable bonds is 36. The molecule has 0 spiro atoms. The van der Waals surface area contributed by atoms with Crippen LogP contribution in [0.25, 0.3) is 0 Å². The minimum absolute atomic E-state index is 0.00926. The van der Waals surface area contributed by atoms with Crippen LogP contribution in [0.3, 0.4) is 0 Å². The van der Waals surface area contributed by atoms with Gasteiger partial charge < -0.3 is 10.8 Å². The standard InChI is InChI=1S/C9H11F2N3O2.C9H13F2N3.C6H10F2O.C3H3N3O2.B35H3.B35/c10-9(11)3-1-7(2-4-9)13-6-8(5-12-13)14(15)16;10-9(11)3-1-8(2-4-9)14-6-7(12)5-13-14;7-6(8)3-1-5(9)2-4-6;7-6(8)3-1-4-5-2-3;2*1-19-28(18)33(29(20(2)3)21(4)5)35(32(26(14)15)27(16)17)34(30(22(6)7)23(8)9)31(24(10)11)25(12)13/h5-7H,1-4H2;5-6,8H,1-4,12H2;5,9H,1-4H2;1-2H,(H,4,5);1H3;/q;;;;-1;. The van der Waals surface area contributed by atoms with Crippen LogP contribution in [0.2, 0.25) is 0 Å². The summed E-state index contributed by atoms with van der Waals surface area (Å²) in [5.41, 5.74) is 5.98. The topological polar surface area (TPSA) is 197 Å². The molecule has 3 saturated carbocycles. The first-order valence-corrected chi connectivity index (χ1v) is 37.2. The molecule has 0 aliphatic heterocycles. The van der Waals surface area contributed by atoms with Gasteiger partial charge in [-0.25, -0.2) is 26.3 Å². The summed E-state index contributed by atoms with van der Waals surface area (Å²) in [5, 5.41) is 42.6. The van der Waals surface area contributed by atoms with E-state index in [4.69, 9.17) is 282 Å². The first kappa shape index (κ1) is 115. The molecule has 14 nitrogen and oxygen atoms in total. The Bertz CT molecular complexity index is 2970. The van der Waals surface area contributed by atoms with Crippen LogP contribution >= 0.6 is 0 Å². The molecule has 0 amide bonds. The highest BCUT2D eigenvalue weighted by Gasteiger charge is 2.57.